The standard InChI is InChI=1S/C21H26N2O.ClH/c24-21(23-16-18-12-14-22-15-13-18)11-8-17-6-9-20(10-7-17)19-4-2-1-3-5-19;/h1-7,9-10,18,22H,8,11-16H2,(H,23,24);1H. The molecule has 3 nitrogen and oxygen atoms in total. The molecule has 0 atom stereocenters. The Morgan fingerprint density at radius 3 is 2.28 bits per heavy atom. The minimum atomic E-state index is 0. The van der Waals surface area contributed by atoms with Crippen molar-refractivity contribution in [1.82, 2.24) is 10.6 Å². The van der Waals surface area contributed by atoms with Gasteiger partial charge in [-0.3, -0.25) is 4.79 Å². The van der Waals surface area contributed by atoms with Crippen LogP contribution >= 0.6 is 12.4 Å². The van der Waals surface area contributed by atoms with Crippen molar-refractivity contribution in [2.75, 3.05) is 19.6 Å². The van der Waals surface area contributed by atoms with E-state index in [1.165, 1.54) is 29.5 Å². The van der Waals surface area contributed by atoms with E-state index in [2.05, 4.69) is 59.2 Å². The number of aryl methyl sites for hydroxylation is 1. The van der Waals surface area contributed by atoms with Crippen LogP contribution in [-0.4, -0.2) is 25.5 Å². The van der Waals surface area contributed by atoms with Crippen LogP contribution in [0.4, 0.5) is 0 Å². The van der Waals surface area contributed by atoms with Crippen molar-refractivity contribution in [2.24, 2.45) is 5.92 Å². The van der Waals surface area contributed by atoms with Crippen molar-refractivity contribution < 1.29 is 4.79 Å². The molecule has 3 rings (SSSR count). The molecule has 4 heteroatoms. The topological polar surface area (TPSA) is 41.1 Å². The molecular weight excluding hydrogens is 332 g/mol. The Morgan fingerprint density at radius 2 is 1.60 bits per heavy atom. The number of amides is 1. The zero-order valence-corrected chi connectivity index (χ0v) is 15.4. The summed E-state index contributed by atoms with van der Waals surface area (Å²) in [5.41, 5.74) is 3.66. The summed E-state index contributed by atoms with van der Waals surface area (Å²) < 4.78 is 0. The number of hydrogen-bond donors (Lipinski definition) is 2. The Balaban J connectivity index is 0.00000225. The Bertz CT molecular complexity index is 637. The van der Waals surface area contributed by atoms with E-state index in [1.54, 1.807) is 0 Å². The smallest absolute Gasteiger partial charge is 0.220 e. The quantitative estimate of drug-likeness (QED) is 0.824. The second-order valence-electron chi connectivity index (χ2n) is 6.56. The normalized spacial score (nSPS) is 14.6. The van der Waals surface area contributed by atoms with Gasteiger partial charge in [0.05, 0.1) is 0 Å². The van der Waals surface area contributed by atoms with Gasteiger partial charge < -0.3 is 10.6 Å². The molecule has 1 fully saturated rings. The van der Waals surface area contributed by atoms with Crippen LogP contribution < -0.4 is 10.6 Å². The fourth-order valence-electron chi connectivity index (χ4n) is 3.18. The summed E-state index contributed by atoms with van der Waals surface area (Å²) >= 11 is 0. The van der Waals surface area contributed by atoms with E-state index in [0.717, 1.165) is 26.1 Å². The minimum Gasteiger partial charge on any atom is -0.356 e. The van der Waals surface area contributed by atoms with Gasteiger partial charge >= 0.3 is 0 Å². The van der Waals surface area contributed by atoms with Gasteiger partial charge in [0.1, 0.15) is 0 Å². The van der Waals surface area contributed by atoms with Crippen LogP contribution in [0.5, 0.6) is 0 Å². The van der Waals surface area contributed by atoms with Crippen LogP contribution in [0.15, 0.2) is 54.6 Å². The highest BCUT2D eigenvalue weighted by Crippen LogP contribution is 2.19. The van der Waals surface area contributed by atoms with E-state index in [1.807, 2.05) is 6.07 Å². The third-order valence-corrected chi connectivity index (χ3v) is 4.75. The van der Waals surface area contributed by atoms with Crippen LogP contribution in [0.1, 0.15) is 24.8 Å². The monoisotopic (exact) mass is 358 g/mol. The van der Waals surface area contributed by atoms with Gasteiger partial charge in [0.2, 0.25) is 5.91 Å². The third-order valence-electron chi connectivity index (χ3n) is 4.75. The van der Waals surface area contributed by atoms with E-state index in [-0.39, 0.29) is 18.3 Å². The summed E-state index contributed by atoms with van der Waals surface area (Å²) in [4.78, 5) is 12.0. The lowest BCUT2D eigenvalue weighted by molar-refractivity contribution is -0.121. The van der Waals surface area contributed by atoms with Gasteiger partial charge in [-0.15, -0.1) is 12.4 Å². The molecule has 0 radical (unpaired) electrons. The lowest BCUT2D eigenvalue weighted by Gasteiger charge is -2.22. The molecular formula is C21H27ClN2O. The maximum atomic E-state index is 12.0. The summed E-state index contributed by atoms with van der Waals surface area (Å²) in [6, 6.07) is 18.9. The lowest BCUT2D eigenvalue weighted by Crippen LogP contribution is -2.36. The molecule has 0 bridgehead atoms. The first kappa shape index (κ1) is 19.5. The maximum absolute atomic E-state index is 12.0. The largest absolute Gasteiger partial charge is 0.356 e. The Labute approximate surface area is 156 Å². The van der Waals surface area contributed by atoms with Gasteiger partial charge in [-0.05, 0) is 55.0 Å². The second-order valence-corrected chi connectivity index (χ2v) is 6.56. The van der Waals surface area contributed by atoms with E-state index < -0.39 is 0 Å². The number of carbonyl (C=O) groups excluding carboxylic acids is 1. The molecule has 2 aromatic carbocycles. The predicted molar refractivity (Wildman–Crippen MR) is 106 cm³/mol. The Morgan fingerprint density at radius 1 is 0.960 bits per heavy atom. The molecule has 25 heavy (non-hydrogen) atoms. The molecule has 1 amide bonds. The van der Waals surface area contributed by atoms with Gasteiger partial charge in [-0.2, -0.15) is 0 Å². The van der Waals surface area contributed by atoms with Crippen LogP contribution in [0.2, 0.25) is 0 Å². The molecule has 0 aliphatic carbocycles. The van der Waals surface area contributed by atoms with Gasteiger partial charge in [-0.25, -0.2) is 0 Å². The number of carbonyl (C=O) groups is 1. The third kappa shape index (κ3) is 6.18. The zero-order chi connectivity index (χ0) is 16.6. The summed E-state index contributed by atoms with van der Waals surface area (Å²) in [6.07, 6.45) is 3.70. The molecule has 0 spiro atoms. The highest BCUT2D eigenvalue weighted by atomic mass is 35.5. The molecule has 1 heterocycles. The van der Waals surface area contributed by atoms with E-state index >= 15 is 0 Å². The van der Waals surface area contributed by atoms with Gasteiger partial charge in [0.25, 0.3) is 0 Å². The minimum absolute atomic E-state index is 0. The van der Waals surface area contributed by atoms with E-state index in [9.17, 15) is 4.79 Å². The fourth-order valence-corrected chi connectivity index (χ4v) is 3.18. The Hall–Kier alpha value is -1.84. The number of nitrogens with one attached hydrogen (secondary N) is 2. The van der Waals surface area contributed by atoms with E-state index in [0.29, 0.717) is 12.3 Å². The zero-order valence-electron chi connectivity index (χ0n) is 14.5. The highest BCUT2D eigenvalue weighted by molar-refractivity contribution is 5.85. The van der Waals surface area contributed by atoms with Crippen molar-refractivity contribution in [3.63, 3.8) is 0 Å². The predicted octanol–water partition coefficient (Wildman–Crippen LogP) is 3.82. The van der Waals surface area contributed by atoms with Gasteiger partial charge in [0.15, 0.2) is 0 Å². The first-order chi connectivity index (χ1) is 11.8. The number of rotatable bonds is 6. The molecule has 134 valence electrons. The average Bonchev–Trinajstić information content (AvgIpc) is 2.67. The van der Waals surface area contributed by atoms with Crippen LogP contribution in [0.3, 0.4) is 0 Å². The average molecular weight is 359 g/mol. The van der Waals surface area contributed by atoms with Gasteiger partial charge in [-0.1, -0.05) is 54.6 Å². The molecule has 0 unspecified atom stereocenters. The first-order valence-electron chi connectivity index (χ1n) is 8.93. The summed E-state index contributed by atoms with van der Waals surface area (Å²) in [6.45, 7) is 2.98. The second kappa shape index (κ2) is 10.2. The molecule has 0 saturated carbocycles. The van der Waals surface area contributed by atoms with Crippen LogP contribution in [0, 0.1) is 5.92 Å². The summed E-state index contributed by atoms with van der Waals surface area (Å²) in [5.74, 6) is 0.807. The highest BCUT2D eigenvalue weighted by Gasteiger charge is 2.13. The van der Waals surface area contributed by atoms with Crippen molar-refractivity contribution in [3.8, 4) is 11.1 Å². The van der Waals surface area contributed by atoms with Crippen LogP contribution in [0.25, 0.3) is 11.1 Å². The maximum Gasteiger partial charge on any atom is 0.220 e. The summed E-state index contributed by atoms with van der Waals surface area (Å²) in [7, 11) is 0. The van der Waals surface area contributed by atoms with Crippen molar-refractivity contribution in [1.29, 1.82) is 0 Å². The van der Waals surface area contributed by atoms with Crippen LogP contribution in [-0.2, 0) is 11.2 Å². The van der Waals surface area contributed by atoms with Crippen molar-refractivity contribution >= 4 is 18.3 Å². The molecule has 1 aliphatic heterocycles. The SMILES string of the molecule is Cl.O=C(CCc1ccc(-c2ccccc2)cc1)NCC1CCNCC1. The molecule has 2 N–H and O–H groups in total. The lowest BCUT2D eigenvalue weighted by atomic mass is 9.98. The number of benzene rings is 2. The molecule has 0 aromatic heterocycles. The molecule has 2 aromatic rings. The van der Waals surface area contributed by atoms with E-state index in [4.69, 9.17) is 0 Å². The van der Waals surface area contributed by atoms with Gasteiger partial charge in [0, 0.05) is 13.0 Å². The number of halogens is 1. The fraction of sp³-hybridized carbons (Fsp3) is 0.381. The number of hydrogen-bond acceptors (Lipinski definition) is 2. The van der Waals surface area contributed by atoms with Crippen molar-refractivity contribution in [2.45, 2.75) is 25.7 Å². The van der Waals surface area contributed by atoms with Crippen molar-refractivity contribution in [3.05, 3.63) is 60.2 Å². The molecule has 1 aliphatic rings. The summed E-state index contributed by atoms with van der Waals surface area (Å²) in [5, 5.41) is 6.45. The molecule has 1 saturated heterocycles. The Kier molecular flexibility index (Phi) is 7.96. The number of piperidine rings is 1. The first-order valence-corrected chi connectivity index (χ1v) is 8.93.